The number of hydrogen-bond donors (Lipinski definition) is 1. The van der Waals surface area contributed by atoms with E-state index in [1.165, 1.54) is 6.07 Å². The summed E-state index contributed by atoms with van der Waals surface area (Å²) in [7, 11) is 0. The van der Waals surface area contributed by atoms with Gasteiger partial charge >= 0.3 is 0 Å². The number of ether oxygens (including phenoxy) is 3. The van der Waals surface area contributed by atoms with E-state index in [4.69, 9.17) is 14.2 Å². The molecule has 1 saturated heterocycles. The normalized spacial score (nSPS) is 21.2. The van der Waals surface area contributed by atoms with Crippen LogP contribution >= 0.6 is 0 Å². The van der Waals surface area contributed by atoms with E-state index in [1.54, 1.807) is 30.3 Å². The summed E-state index contributed by atoms with van der Waals surface area (Å²) in [6.45, 7) is 5.35. The van der Waals surface area contributed by atoms with Crippen LogP contribution in [-0.4, -0.2) is 38.0 Å². The average molecular weight is 372 g/mol. The molecule has 1 fully saturated rings. The minimum atomic E-state index is -0.375. The lowest BCUT2D eigenvalue weighted by atomic mass is 10.1. The summed E-state index contributed by atoms with van der Waals surface area (Å²) in [4.78, 5) is 14.4. The molecule has 0 aromatic heterocycles. The predicted molar refractivity (Wildman–Crippen MR) is 99.1 cm³/mol. The van der Waals surface area contributed by atoms with Gasteiger partial charge in [0.15, 0.2) is 11.5 Å². The van der Waals surface area contributed by atoms with Gasteiger partial charge in [-0.1, -0.05) is 0 Å². The topological polar surface area (TPSA) is 60.0 Å². The first-order chi connectivity index (χ1) is 13.0. The average Bonchev–Trinajstić information content (AvgIpc) is 3.08. The first-order valence-corrected chi connectivity index (χ1v) is 8.90. The largest absolute Gasteiger partial charge is 0.454 e. The number of fused-ring (bicyclic) bond motifs is 1. The van der Waals surface area contributed by atoms with E-state index >= 15 is 0 Å². The van der Waals surface area contributed by atoms with Gasteiger partial charge in [-0.2, -0.15) is 0 Å². The number of carbonyl (C=O) groups excluding carboxylic acids is 1. The van der Waals surface area contributed by atoms with Gasteiger partial charge in [-0.15, -0.1) is 0 Å². The standard InChI is InChI=1S/C20H21FN2O4/c1-12-9-23(10-13(2)27-12)17-5-4-15(8-16(17)21)22-20(24)14-3-6-18-19(7-14)26-11-25-18/h3-8,12-13H,9-11H2,1-2H3,(H,22,24)/t12-,13+. The Hall–Kier alpha value is -2.80. The van der Waals surface area contributed by atoms with Crippen LogP contribution < -0.4 is 19.7 Å². The lowest BCUT2D eigenvalue weighted by Gasteiger charge is -2.37. The van der Waals surface area contributed by atoms with Gasteiger partial charge in [0, 0.05) is 24.3 Å². The fourth-order valence-electron chi connectivity index (χ4n) is 3.46. The van der Waals surface area contributed by atoms with Gasteiger partial charge in [-0.3, -0.25) is 4.79 Å². The number of hydrogen-bond acceptors (Lipinski definition) is 5. The lowest BCUT2D eigenvalue weighted by molar-refractivity contribution is -0.00539. The van der Waals surface area contributed by atoms with Gasteiger partial charge in [0.05, 0.1) is 17.9 Å². The zero-order chi connectivity index (χ0) is 19.0. The van der Waals surface area contributed by atoms with Crippen LogP contribution in [-0.2, 0) is 4.74 Å². The van der Waals surface area contributed by atoms with E-state index in [2.05, 4.69) is 5.32 Å². The second-order valence-electron chi connectivity index (χ2n) is 6.85. The molecule has 2 aliphatic heterocycles. The van der Waals surface area contributed by atoms with Gasteiger partial charge in [0.2, 0.25) is 6.79 Å². The van der Waals surface area contributed by atoms with Crippen LogP contribution in [0.5, 0.6) is 11.5 Å². The number of carbonyl (C=O) groups is 1. The summed E-state index contributed by atoms with van der Waals surface area (Å²) >= 11 is 0. The SMILES string of the molecule is C[C@@H]1CN(c2ccc(NC(=O)c3ccc4c(c3)OCO4)cc2F)C[C@H](C)O1. The van der Waals surface area contributed by atoms with Crippen molar-refractivity contribution >= 4 is 17.3 Å². The molecule has 27 heavy (non-hydrogen) atoms. The van der Waals surface area contributed by atoms with E-state index in [0.29, 0.717) is 41.5 Å². The van der Waals surface area contributed by atoms with Crippen molar-refractivity contribution in [2.45, 2.75) is 26.1 Å². The third-order valence-corrected chi connectivity index (χ3v) is 4.60. The Bertz CT molecular complexity index is 863. The number of benzene rings is 2. The molecule has 0 aliphatic carbocycles. The Labute approximate surface area is 156 Å². The van der Waals surface area contributed by atoms with E-state index < -0.39 is 0 Å². The molecule has 2 aromatic carbocycles. The lowest BCUT2D eigenvalue weighted by Crippen LogP contribution is -2.45. The molecule has 0 unspecified atom stereocenters. The zero-order valence-electron chi connectivity index (χ0n) is 15.2. The highest BCUT2D eigenvalue weighted by Gasteiger charge is 2.24. The second-order valence-corrected chi connectivity index (χ2v) is 6.85. The fraction of sp³-hybridized carbons (Fsp3) is 0.350. The molecule has 4 rings (SSSR count). The molecule has 2 atom stereocenters. The van der Waals surface area contributed by atoms with E-state index in [1.807, 2.05) is 18.7 Å². The maximum absolute atomic E-state index is 14.7. The monoisotopic (exact) mass is 372 g/mol. The molecule has 0 radical (unpaired) electrons. The van der Waals surface area contributed by atoms with Crippen LogP contribution in [0, 0.1) is 5.82 Å². The molecule has 2 heterocycles. The first kappa shape index (κ1) is 17.6. The summed E-state index contributed by atoms with van der Waals surface area (Å²) in [6.07, 6.45) is 0.0806. The Morgan fingerprint density at radius 3 is 2.56 bits per heavy atom. The van der Waals surface area contributed by atoms with Gasteiger partial charge in [-0.25, -0.2) is 4.39 Å². The van der Waals surface area contributed by atoms with Crippen LogP contribution in [0.25, 0.3) is 0 Å². The number of anilines is 2. The van der Waals surface area contributed by atoms with Gasteiger partial charge < -0.3 is 24.4 Å². The molecular formula is C20H21FN2O4. The van der Waals surface area contributed by atoms with Crippen molar-refractivity contribution in [1.82, 2.24) is 0 Å². The molecule has 0 spiro atoms. The van der Waals surface area contributed by atoms with Crippen molar-refractivity contribution in [2.24, 2.45) is 0 Å². The van der Waals surface area contributed by atoms with Crippen LogP contribution in [0.4, 0.5) is 15.8 Å². The zero-order valence-corrected chi connectivity index (χ0v) is 15.2. The molecule has 1 N–H and O–H groups in total. The number of rotatable bonds is 3. The van der Waals surface area contributed by atoms with Gasteiger partial charge in [0.1, 0.15) is 5.82 Å². The van der Waals surface area contributed by atoms with Crippen LogP contribution in [0.3, 0.4) is 0 Å². The minimum absolute atomic E-state index is 0.0403. The van der Waals surface area contributed by atoms with Crippen LogP contribution in [0.1, 0.15) is 24.2 Å². The van der Waals surface area contributed by atoms with Crippen molar-refractivity contribution in [3.05, 3.63) is 47.8 Å². The highest BCUT2D eigenvalue weighted by atomic mass is 19.1. The van der Waals surface area contributed by atoms with Crippen LogP contribution in [0.15, 0.2) is 36.4 Å². The number of nitrogens with one attached hydrogen (secondary N) is 1. The molecular weight excluding hydrogens is 351 g/mol. The molecule has 0 bridgehead atoms. The van der Waals surface area contributed by atoms with Crippen molar-refractivity contribution < 1.29 is 23.4 Å². The van der Waals surface area contributed by atoms with Crippen molar-refractivity contribution in [1.29, 1.82) is 0 Å². The quantitative estimate of drug-likeness (QED) is 0.895. The third-order valence-electron chi connectivity index (χ3n) is 4.60. The first-order valence-electron chi connectivity index (χ1n) is 8.90. The predicted octanol–water partition coefficient (Wildman–Crippen LogP) is 3.42. The fourth-order valence-corrected chi connectivity index (χ4v) is 3.46. The maximum Gasteiger partial charge on any atom is 0.255 e. The summed E-state index contributed by atoms with van der Waals surface area (Å²) < 4.78 is 30.9. The smallest absolute Gasteiger partial charge is 0.255 e. The summed E-state index contributed by atoms with van der Waals surface area (Å²) in [6, 6.07) is 9.67. The molecule has 2 aromatic rings. The molecule has 0 saturated carbocycles. The third kappa shape index (κ3) is 3.68. The number of morpholine rings is 1. The van der Waals surface area contributed by atoms with Crippen LogP contribution in [0.2, 0.25) is 0 Å². The molecule has 1 amide bonds. The van der Waals surface area contributed by atoms with Crippen molar-refractivity contribution in [3.8, 4) is 11.5 Å². The van der Waals surface area contributed by atoms with Crippen molar-refractivity contribution in [2.75, 3.05) is 30.1 Å². The van der Waals surface area contributed by atoms with Gasteiger partial charge in [0.25, 0.3) is 5.91 Å². The number of nitrogens with zero attached hydrogens (tertiary/aromatic N) is 1. The highest BCUT2D eigenvalue weighted by Crippen LogP contribution is 2.33. The summed E-state index contributed by atoms with van der Waals surface area (Å²) in [5.74, 6) is 0.421. The highest BCUT2D eigenvalue weighted by molar-refractivity contribution is 6.04. The Morgan fingerprint density at radius 1 is 1.07 bits per heavy atom. The Balaban J connectivity index is 1.48. The minimum Gasteiger partial charge on any atom is -0.454 e. The second kappa shape index (κ2) is 7.08. The van der Waals surface area contributed by atoms with E-state index in [0.717, 1.165) is 0 Å². The number of halogens is 1. The molecule has 142 valence electrons. The molecule has 6 nitrogen and oxygen atoms in total. The molecule has 2 aliphatic rings. The summed E-state index contributed by atoms with van der Waals surface area (Å²) in [5.41, 5.74) is 1.32. The maximum atomic E-state index is 14.7. The van der Waals surface area contributed by atoms with E-state index in [9.17, 15) is 9.18 Å². The summed E-state index contributed by atoms with van der Waals surface area (Å²) in [5, 5.41) is 2.72. The number of amides is 1. The Kier molecular flexibility index (Phi) is 4.61. The van der Waals surface area contributed by atoms with Crippen molar-refractivity contribution in [3.63, 3.8) is 0 Å². The molecule has 7 heteroatoms. The van der Waals surface area contributed by atoms with Gasteiger partial charge in [-0.05, 0) is 50.2 Å². The van der Waals surface area contributed by atoms with E-state index in [-0.39, 0.29) is 30.7 Å². The Morgan fingerprint density at radius 2 is 1.81 bits per heavy atom.